The van der Waals surface area contributed by atoms with Crippen LogP contribution >= 0.6 is 11.3 Å². The molecule has 0 unspecified atom stereocenters. The van der Waals surface area contributed by atoms with E-state index in [-0.39, 0.29) is 39.0 Å². The van der Waals surface area contributed by atoms with Crippen molar-refractivity contribution in [3.05, 3.63) is 46.9 Å². The van der Waals surface area contributed by atoms with E-state index in [2.05, 4.69) is 31.2 Å². The van der Waals surface area contributed by atoms with Gasteiger partial charge in [0.05, 0.1) is 34.5 Å². The topological polar surface area (TPSA) is 201 Å². The second kappa shape index (κ2) is 15.7. The number of aliphatic hydroxyl groups excluding tert-OH is 1. The van der Waals surface area contributed by atoms with Crippen LogP contribution in [-0.2, 0) is 33.9 Å². The molecule has 2 fully saturated rings. The van der Waals surface area contributed by atoms with Crippen molar-refractivity contribution in [3.8, 4) is 16.2 Å². The molecule has 3 atom stereocenters. The SMILES string of the molecule is Cc1ncsc1-c1ccc(CNC(=O)[C@@H]2C[C@@H](O)CN2C(=O)[C@@H](NC(=O)C2(F)CC2)C(C)(C)C)c(OCCc2cn(CCCNC(=O)O)nn2)c1. The van der Waals surface area contributed by atoms with Gasteiger partial charge in [-0.25, -0.2) is 14.2 Å². The smallest absolute Gasteiger partial charge is 0.404 e. The van der Waals surface area contributed by atoms with Gasteiger partial charge in [-0.3, -0.25) is 19.1 Å². The van der Waals surface area contributed by atoms with Crippen LogP contribution in [0, 0.1) is 12.3 Å². The first-order valence-electron chi connectivity index (χ1n) is 16.9. The third-order valence-electron chi connectivity index (χ3n) is 8.92. The number of nitrogens with zero attached hydrogens (tertiary/aromatic N) is 5. The Kier molecular flexibility index (Phi) is 11.6. The number of aliphatic hydroxyl groups is 1. The lowest BCUT2D eigenvalue weighted by Gasteiger charge is -2.35. The van der Waals surface area contributed by atoms with Crippen molar-refractivity contribution in [2.45, 2.75) is 96.7 Å². The number of likely N-dealkylation sites (tertiary alicyclic amines) is 1. The average molecular weight is 729 g/mol. The number of carbonyl (C=O) groups is 4. The molecule has 2 aliphatic rings. The highest BCUT2D eigenvalue weighted by molar-refractivity contribution is 7.13. The first kappa shape index (κ1) is 37.6. The summed E-state index contributed by atoms with van der Waals surface area (Å²) < 4.78 is 22.4. The normalized spacial score (nSPS) is 18.6. The quantitative estimate of drug-likeness (QED) is 0.145. The standard InChI is InChI=1S/C34H45FN8O7S/c1-20-27(51-19-38-20)21-6-7-22(26(14-21)50-13-8-23-17-42(41-40-23)12-5-11-36-32(48)49)16-37-29(45)25-15-24(44)18-43(25)30(46)28(33(2,3)4)39-31(47)34(35)9-10-34/h6-7,14,17,19,24-25,28,36,44H,5,8-13,15-16,18H2,1-4H3,(H,37,45)(H,39,47)(H,48,49)/t24-,25+,28-/m1/s1. The van der Waals surface area contributed by atoms with Gasteiger partial charge in [0.25, 0.3) is 5.91 Å². The number of β-amino-alcohol motifs (C(OH)–C–C–N with tert-alkyl or cyclic N) is 1. The van der Waals surface area contributed by atoms with Gasteiger partial charge in [0.2, 0.25) is 11.8 Å². The van der Waals surface area contributed by atoms with Crippen molar-refractivity contribution in [3.63, 3.8) is 0 Å². The number of hydrogen-bond donors (Lipinski definition) is 5. The molecule has 5 rings (SSSR count). The monoisotopic (exact) mass is 728 g/mol. The molecule has 1 aliphatic heterocycles. The largest absolute Gasteiger partial charge is 0.493 e. The Morgan fingerprint density at radius 2 is 1.96 bits per heavy atom. The van der Waals surface area contributed by atoms with Crippen LogP contribution in [0.4, 0.5) is 9.18 Å². The molecule has 1 aliphatic carbocycles. The summed E-state index contributed by atoms with van der Waals surface area (Å²) >= 11 is 1.50. The van der Waals surface area contributed by atoms with Crippen LogP contribution in [0.15, 0.2) is 29.9 Å². The van der Waals surface area contributed by atoms with E-state index in [1.54, 1.807) is 37.2 Å². The zero-order valence-corrected chi connectivity index (χ0v) is 30.0. The number of halogens is 1. The van der Waals surface area contributed by atoms with Crippen LogP contribution in [0.5, 0.6) is 5.75 Å². The maximum absolute atomic E-state index is 14.5. The molecule has 0 radical (unpaired) electrons. The van der Waals surface area contributed by atoms with Gasteiger partial charge in [0, 0.05) is 50.8 Å². The number of rotatable bonds is 15. The van der Waals surface area contributed by atoms with E-state index in [1.807, 2.05) is 25.1 Å². The second-order valence-electron chi connectivity index (χ2n) is 14.1. The number of ether oxygens (including phenoxy) is 1. The lowest BCUT2D eigenvalue weighted by molar-refractivity contribution is -0.145. The first-order valence-corrected chi connectivity index (χ1v) is 17.8. The fraction of sp³-hybridized carbons (Fsp3) is 0.559. The van der Waals surface area contributed by atoms with Crippen molar-refractivity contribution < 1.29 is 38.5 Å². The maximum atomic E-state index is 14.5. The summed E-state index contributed by atoms with van der Waals surface area (Å²) in [5.74, 6) is -1.34. The Morgan fingerprint density at radius 1 is 1.20 bits per heavy atom. The number of benzene rings is 1. The van der Waals surface area contributed by atoms with Crippen LogP contribution in [-0.4, -0.2) is 102 Å². The van der Waals surface area contributed by atoms with Gasteiger partial charge in [-0.1, -0.05) is 38.1 Å². The molecule has 2 aromatic heterocycles. The van der Waals surface area contributed by atoms with E-state index in [0.717, 1.165) is 16.1 Å². The third kappa shape index (κ3) is 9.58. The molecule has 5 N–H and O–H groups in total. The highest BCUT2D eigenvalue weighted by atomic mass is 32.1. The van der Waals surface area contributed by atoms with Gasteiger partial charge < -0.3 is 35.8 Å². The lowest BCUT2D eigenvalue weighted by Crippen LogP contribution is -2.59. The minimum absolute atomic E-state index is 0.0130. The summed E-state index contributed by atoms with van der Waals surface area (Å²) in [6, 6.07) is 3.56. The number of nitrogens with one attached hydrogen (secondary N) is 3. The van der Waals surface area contributed by atoms with E-state index in [9.17, 15) is 28.7 Å². The summed E-state index contributed by atoms with van der Waals surface area (Å²) in [5.41, 5.74) is 2.14. The van der Waals surface area contributed by atoms with Gasteiger partial charge in [0.1, 0.15) is 17.8 Å². The highest BCUT2D eigenvalue weighted by Gasteiger charge is 2.53. The summed E-state index contributed by atoms with van der Waals surface area (Å²) in [7, 11) is 0. The fourth-order valence-electron chi connectivity index (χ4n) is 5.84. The van der Waals surface area contributed by atoms with Crippen molar-refractivity contribution in [2.24, 2.45) is 5.41 Å². The van der Waals surface area contributed by atoms with E-state index >= 15 is 0 Å². The Morgan fingerprint density at radius 3 is 2.63 bits per heavy atom. The average Bonchev–Trinajstić information content (AvgIpc) is 3.37. The molecule has 4 amide bonds. The van der Waals surface area contributed by atoms with E-state index < -0.39 is 53.1 Å². The highest BCUT2D eigenvalue weighted by Crippen LogP contribution is 2.40. The summed E-state index contributed by atoms with van der Waals surface area (Å²) in [5, 5.41) is 35.3. The molecular formula is C34H45FN8O7S. The van der Waals surface area contributed by atoms with Crippen LogP contribution < -0.4 is 20.7 Å². The summed E-state index contributed by atoms with van der Waals surface area (Å²) in [4.78, 5) is 57.3. The number of alkyl halides is 1. The van der Waals surface area contributed by atoms with Gasteiger partial charge in [-0.2, -0.15) is 0 Å². The fourth-order valence-corrected chi connectivity index (χ4v) is 6.64. The Hall–Kier alpha value is -4.64. The minimum atomic E-state index is -1.97. The van der Waals surface area contributed by atoms with Crippen LogP contribution in [0.25, 0.3) is 10.4 Å². The summed E-state index contributed by atoms with van der Waals surface area (Å²) in [6.45, 7) is 8.19. The van der Waals surface area contributed by atoms with Gasteiger partial charge in [0.15, 0.2) is 5.67 Å². The number of thiazole rings is 1. The van der Waals surface area contributed by atoms with E-state index in [1.165, 1.54) is 16.2 Å². The van der Waals surface area contributed by atoms with Gasteiger partial charge >= 0.3 is 6.09 Å². The van der Waals surface area contributed by atoms with Crippen molar-refractivity contribution >= 4 is 35.2 Å². The number of amides is 4. The Labute approximate surface area is 299 Å². The molecule has 3 heterocycles. The number of carboxylic acid groups (broad SMARTS) is 1. The minimum Gasteiger partial charge on any atom is -0.493 e. The molecule has 276 valence electrons. The van der Waals surface area contributed by atoms with Crippen molar-refractivity contribution in [2.75, 3.05) is 19.7 Å². The number of hydrogen-bond acceptors (Lipinski definition) is 10. The van der Waals surface area contributed by atoms with Gasteiger partial charge in [-0.05, 0) is 43.2 Å². The molecule has 3 aromatic rings. The zero-order chi connectivity index (χ0) is 36.9. The Bertz CT molecular complexity index is 1740. The van der Waals surface area contributed by atoms with Crippen LogP contribution in [0.2, 0.25) is 0 Å². The predicted octanol–water partition coefficient (Wildman–Crippen LogP) is 2.60. The molecule has 1 aromatic carbocycles. The molecule has 1 saturated heterocycles. The maximum Gasteiger partial charge on any atom is 0.404 e. The zero-order valence-electron chi connectivity index (χ0n) is 29.1. The van der Waals surface area contributed by atoms with Crippen molar-refractivity contribution in [1.29, 1.82) is 0 Å². The second-order valence-corrected chi connectivity index (χ2v) is 15.0. The van der Waals surface area contributed by atoms with E-state index in [0.29, 0.717) is 42.9 Å². The first-order chi connectivity index (χ1) is 24.1. The lowest BCUT2D eigenvalue weighted by atomic mass is 9.85. The van der Waals surface area contributed by atoms with Crippen LogP contribution in [0.1, 0.15) is 63.4 Å². The number of carbonyl (C=O) groups excluding carboxylic acids is 3. The van der Waals surface area contributed by atoms with Crippen LogP contribution in [0.3, 0.4) is 0 Å². The summed E-state index contributed by atoms with van der Waals surface area (Å²) in [6.07, 6.45) is 0.973. The molecule has 17 heteroatoms. The number of aryl methyl sites for hydroxylation is 2. The molecule has 15 nitrogen and oxygen atoms in total. The molecule has 1 saturated carbocycles. The molecular weight excluding hydrogens is 683 g/mol. The van der Waals surface area contributed by atoms with Gasteiger partial charge in [-0.15, -0.1) is 16.4 Å². The number of aromatic nitrogens is 4. The molecule has 0 spiro atoms. The van der Waals surface area contributed by atoms with E-state index in [4.69, 9.17) is 9.84 Å². The third-order valence-corrected chi connectivity index (χ3v) is 9.90. The van der Waals surface area contributed by atoms with Crippen molar-refractivity contribution in [1.82, 2.24) is 40.8 Å². The molecule has 0 bridgehead atoms. The predicted molar refractivity (Wildman–Crippen MR) is 185 cm³/mol. The Balaban J connectivity index is 1.25. The molecule has 51 heavy (non-hydrogen) atoms.